The summed E-state index contributed by atoms with van der Waals surface area (Å²) < 4.78 is 27.6. The van der Waals surface area contributed by atoms with Gasteiger partial charge in [0.1, 0.15) is 6.61 Å². The molecule has 0 spiro atoms. The van der Waals surface area contributed by atoms with Gasteiger partial charge in [-0.05, 0) is 50.7 Å². The number of carbonyl (C=O) groups excluding carboxylic acids is 2. The van der Waals surface area contributed by atoms with Gasteiger partial charge >= 0.3 is 12.1 Å². The molecule has 0 bridgehead atoms. The van der Waals surface area contributed by atoms with Crippen LogP contribution in [-0.2, 0) is 19.1 Å². The second-order valence-electron chi connectivity index (χ2n) is 10.3. The highest BCUT2D eigenvalue weighted by molar-refractivity contribution is 6.18. The van der Waals surface area contributed by atoms with E-state index in [0.29, 0.717) is 24.8 Å². The van der Waals surface area contributed by atoms with Gasteiger partial charge in [0.25, 0.3) is 0 Å². The molecule has 9 heteroatoms. The van der Waals surface area contributed by atoms with E-state index in [4.69, 9.17) is 21.1 Å². The van der Waals surface area contributed by atoms with Crippen molar-refractivity contribution in [2.24, 2.45) is 28.6 Å². The van der Waals surface area contributed by atoms with Crippen molar-refractivity contribution in [1.82, 2.24) is 0 Å². The summed E-state index contributed by atoms with van der Waals surface area (Å²) in [6.07, 6.45) is 2.59. The number of alkyl halides is 2. The maximum absolute atomic E-state index is 17.1. The predicted octanol–water partition coefficient (Wildman–Crippen LogP) is 3.82. The van der Waals surface area contributed by atoms with Crippen LogP contribution < -0.4 is 0 Å². The zero-order chi connectivity index (χ0) is 24.4. The molecule has 3 saturated carbocycles. The van der Waals surface area contributed by atoms with Gasteiger partial charge in [0.2, 0.25) is 5.60 Å². The smallest absolute Gasteiger partial charge is 0.478 e. The third-order valence-corrected chi connectivity index (χ3v) is 9.19. The number of halogens is 2. The number of carboxylic acids is 1. The first-order valence-corrected chi connectivity index (χ1v) is 11.9. The Morgan fingerprint density at radius 3 is 2.64 bits per heavy atom. The standard InChI is InChI=1S/C24H30ClFO7/c1-13-10-17-16-5-4-14-11-15(27)6-7-21(14,2)23(16,26)18(28)12-22(17,3)24(13,19(29)30)33-20(31)32-9-8-25/h6-7,11,13,16-18,28H,4-5,8-10,12H2,1-3H3,(H,29,30)/t13-,16+,17+,18+,21+,22+,23+,24+/m1/s1. The number of ketones is 1. The van der Waals surface area contributed by atoms with E-state index in [1.165, 1.54) is 12.2 Å². The summed E-state index contributed by atoms with van der Waals surface area (Å²) in [4.78, 5) is 37.0. The molecular formula is C24H30ClFO7. The van der Waals surface area contributed by atoms with Crippen LogP contribution in [0.15, 0.2) is 23.8 Å². The molecule has 4 aliphatic carbocycles. The molecule has 3 fully saturated rings. The van der Waals surface area contributed by atoms with Gasteiger partial charge in [-0.3, -0.25) is 4.79 Å². The third kappa shape index (κ3) is 2.99. The van der Waals surface area contributed by atoms with Crippen molar-refractivity contribution in [3.63, 3.8) is 0 Å². The first-order valence-electron chi connectivity index (χ1n) is 11.3. The number of carbonyl (C=O) groups is 3. The number of rotatable bonds is 4. The van der Waals surface area contributed by atoms with Gasteiger partial charge in [-0.15, -0.1) is 11.6 Å². The molecule has 0 saturated heterocycles. The first kappa shape index (κ1) is 24.2. The number of carboxylic acid groups (broad SMARTS) is 1. The average molecular weight is 485 g/mol. The van der Waals surface area contributed by atoms with E-state index in [-0.39, 0.29) is 24.7 Å². The quantitative estimate of drug-likeness (QED) is 0.461. The molecule has 0 unspecified atom stereocenters. The number of ether oxygens (including phenoxy) is 2. The maximum Gasteiger partial charge on any atom is 0.509 e. The Labute approximate surface area is 196 Å². The van der Waals surface area contributed by atoms with E-state index in [1.54, 1.807) is 26.8 Å². The first-order chi connectivity index (χ1) is 15.4. The molecule has 0 radical (unpaired) electrons. The Morgan fingerprint density at radius 2 is 2.00 bits per heavy atom. The fourth-order valence-corrected chi connectivity index (χ4v) is 7.61. The highest BCUT2D eigenvalue weighted by Gasteiger charge is 2.77. The molecule has 0 aliphatic heterocycles. The van der Waals surface area contributed by atoms with E-state index in [0.717, 1.165) is 0 Å². The Balaban J connectivity index is 1.78. The normalized spacial score (nSPS) is 46.0. The minimum absolute atomic E-state index is 0.0280. The Hall–Kier alpha value is -1.93. The molecule has 0 amide bonds. The van der Waals surface area contributed by atoms with Crippen molar-refractivity contribution in [3.05, 3.63) is 23.8 Å². The second kappa shape index (κ2) is 7.80. The Morgan fingerprint density at radius 1 is 1.30 bits per heavy atom. The van der Waals surface area contributed by atoms with Gasteiger partial charge in [-0.25, -0.2) is 14.0 Å². The number of aliphatic hydroxyl groups excluding tert-OH is 1. The predicted molar refractivity (Wildman–Crippen MR) is 116 cm³/mol. The molecular weight excluding hydrogens is 455 g/mol. The lowest BCUT2D eigenvalue weighted by atomic mass is 9.45. The molecule has 0 heterocycles. The fraction of sp³-hybridized carbons (Fsp3) is 0.708. The van der Waals surface area contributed by atoms with E-state index < -0.39 is 58.1 Å². The molecule has 2 N–H and O–H groups in total. The lowest BCUT2D eigenvalue weighted by Crippen LogP contribution is -2.69. The molecule has 7 nitrogen and oxygen atoms in total. The molecule has 33 heavy (non-hydrogen) atoms. The van der Waals surface area contributed by atoms with Crippen LogP contribution in [0.25, 0.3) is 0 Å². The highest BCUT2D eigenvalue weighted by atomic mass is 35.5. The number of allylic oxidation sites excluding steroid dienone is 4. The van der Waals surface area contributed by atoms with Crippen molar-refractivity contribution in [2.45, 2.75) is 63.8 Å². The van der Waals surface area contributed by atoms with Crippen LogP contribution in [0, 0.1) is 28.6 Å². The number of hydrogen-bond donors (Lipinski definition) is 2. The van der Waals surface area contributed by atoms with Crippen LogP contribution in [0.4, 0.5) is 9.18 Å². The van der Waals surface area contributed by atoms with E-state index in [1.807, 2.05) is 0 Å². The monoisotopic (exact) mass is 484 g/mol. The highest BCUT2D eigenvalue weighted by Crippen LogP contribution is 2.71. The van der Waals surface area contributed by atoms with Crippen molar-refractivity contribution in [1.29, 1.82) is 0 Å². The molecule has 0 aromatic heterocycles. The summed E-state index contributed by atoms with van der Waals surface area (Å²) in [7, 11) is 0. The van der Waals surface area contributed by atoms with E-state index in [2.05, 4.69) is 0 Å². The van der Waals surface area contributed by atoms with Crippen LogP contribution in [0.3, 0.4) is 0 Å². The van der Waals surface area contributed by atoms with Crippen molar-refractivity contribution in [2.75, 3.05) is 12.5 Å². The van der Waals surface area contributed by atoms with Crippen LogP contribution in [-0.4, -0.2) is 58.0 Å². The largest absolute Gasteiger partial charge is 0.509 e. The summed E-state index contributed by atoms with van der Waals surface area (Å²) in [5.74, 6) is -3.31. The molecule has 4 rings (SSSR count). The van der Waals surface area contributed by atoms with Crippen molar-refractivity contribution < 1.29 is 38.5 Å². The van der Waals surface area contributed by atoms with Gasteiger partial charge in [0, 0.05) is 22.7 Å². The summed E-state index contributed by atoms with van der Waals surface area (Å²) in [6.45, 7) is 4.90. The number of fused-ring (bicyclic) bond motifs is 5. The lowest BCUT2D eigenvalue weighted by molar-refractivity contribution is -0.228. The minimum atomic E-state index is -2.09. The summed E-state index contributed by atoms with van der Waals surface area (Å²) in [5.41, 5.74) is -5.84. The third-order valence-electron chi connectivity index (χ3n) is 9.04. The zero-order valence-electron chi connectivity index (χ0n) is 19.0. The Bertz CT molecular complexity index is 949. The van der Waals surface area contributed by atoms with Gasteiger partial charge < -0.3 is 19.7 Å². The molecule has 182 valence electrons. The number of aliphatic carboxylic acids is 1. The van der Waals surface area contributed by atoms with Gasteiger partial charge in [0.05, 0.1) is 12.0 Å². The molecule has 0 aromatic carbocycles. The molecule has 4 aliphatic rings. The zero-order valence-corrected chi connectivity index (χ0v) is 19.7. The maximum atomic E-state index is 17.1. The second-order valence-corrected chi connectivity index (χ2v) is 10.7. The summed E-state index contributed by atoms with van der Waals surface area (Å²) >= 11 is 5.56. The summed E-state index contributed by atoms with van der Waals surface area (Å²) in [5, 5.41) is 21.7. The molecule has 0 aromatic rings. The van der Waals surface area contributed by atoms with Crippen LogP contribution >= 0.6 is 11.6 Å². The van der Waals surface area contributed by atoms with Gasteiger partial charge in [-0.1, -0.05) is 25.5 Å². The fourth-order valence-electron chi connectivity index (χ4n) is 7.53. The lowest BCUT2D eigenvalue weighted by Gasteiger charge is -2.62. The molecule has 8 atom stereocenters. The van der Waals surface area contributed by atoms with E-state index in [9.17, 15) is 24.6 Å². The van der Waals surface area contributed by atoms with Crippen LogP contribution in [0.1, 0.15) is 46.5 Å². The van der Waals surface area contributed by atoms with Crippen molar-refractivity contribution >= 4 is 29.5 Å². The summed E-state index contributed by atoms with van der Waals surface area (Å²) in [6, 6.07) is 0. The van der Waals surface area contributed by atoms with Crippen LogP contribution in [0.2, 0.25) is 0 Å². The topological polar surface area (TPSA) is 110 Å². The van der Waals surface area contributed by atoms with Crippen LogP contribution in [0.5, 0.6) is 0 Å². The minimum Gasteiger partial charge on any atom is -0.478 e. The van der Waals surface area contributed by atoms with E-state index >= 15 is 4.39 Å². The van der Waals surface area contributed by atoms with Crippen molar-refractivity contribution in [3.8, 4) is 0 Å². The number of aliphatic hydroxyl groups is 1. The Kier molecular flexibility index (Phi) is 5.72. The number of hydrogen-bond acceptors (Lipinski definition) is 6. The average Bonchev–Trinajstić information content (AvgIpc) is 2.96. The SMILES string of the molecule is C[C@@H]1C[C@H]2[C@@H]3CCC4=CC(=O)C=C[C@]4(C)[C@@]3(F)[C@@H](O)C[C@]2(C)[C@@]1(OC(=O)OCCCl)C(=O)O. The van der Waals surface area contributed by atoms with Gasteiger partial charge in [-0.2, -0.15) is 0 Å². The van der Waals surface area contributed by atoms with Gasteiger partial charge in [0.15, 0.2) is 11.5 Å².